The molecule has 0 bridgehead atoms. The zero-order chi connectivity index (χ0) is 23.1. The standard InChI is InChI=1S/C24H31N3O4S/c1-18(2)27(17-23(28)25-26-24(29)21-11-7-4-8-12-21)32(30,31)22-15-13-20(14-16-22)19-9-5-3-6-10-19/h4,7-8,11-16,18-19H,3,5-6,9-10,17H2,1-2H3,(H,25,28)(H,26,29). The van der Waals surface area contributed by atoms with Crippen LogP contribution in [0.25, 0.3) is 0 Å². The molecule has 8 heteroatoms. The molecule has 1 fully saturated rings. The van der Waals surface area contributed by atoms with E-state index in [0.29, 0.717) is 11.5 Å². The molecule has 0 aliphatic heterocycles. The van der Waals surface area contributed by atoms with Gasteiger partial charge in [-0.15, -0.1) is 0 Å². The Bertz CT molecular complexity index is 1010. The van der Waals surface area contributed by atoms with E-state index in [1.807, 2.05) is 12.1 Å². The maximum absolute atomic E-state index is 13.2. The summed E-state index contributed by atoms with van der Waals surface area (Å²) in [6, 6.07) is 15.0. The number of benzene rings is 2. The average molecular weight is 458 g/mol. The van der Waals surface area contributed by atoms with Crippen LogP contribution in [0.2, 0.25) is 0 Å². The number of nitrogens with one attached hydrogen (secondary N) is 2. The SMILES string of the molecule is CC(C)N(CC(=O)NNC(=O)c1ccccc1)S(=O)(=O)c1ccc(C2CCCCC2)cc1. The van der Waals surface area contributed by atoms with Crippen molar-refractivity contribution in [3.05, 3.63) is 65.7 Å². The fourth-order valence-corrected chi connectivity index (χ4v) is 5.59. The number of hydrogen-bond donors (Lipinski definition) is 2. The number of carbonyl (C=O) groups excluding carboxylic acids is 2. The van der Waals surface area contributed by atoms with Gasteiger partial charge in [0.15, 0.2) is 0 Å². The molecule has 0 aromatic heterocycles. The lowest BCUT2D eigenvalue weighted by molar-refractivity contribution is -0.122. The van der Waals surface area contributed by atoms with Crippen LogP contribution in [-0.4, -0.2) is 37.1 Å². The first-order valence-corrected chi connectivity index (χ1v) is 12.5. The lowest BCUT2D eigenvalue weighted by Crippen LogP contribution is -2.49. The number of hydrogen-bond acceptors (Lipinski definition) is 4. The van der Waals surface area contributed by atoms with Gasteiger partial charge in [0, 0.05) is 11.6 Å². The highest BCUT2D eigenvalue weighted by atomic mass is 32.2. The quantitative estimate of drug-likeness (QED) is 0.621. The molecule has 2 N–H and O–H groups in total. The Morgan fingerprint density at radius 3 is 2.16 bits per heavy atom. The maximum atomic E-state index is 13.2. The highest BCUT2D eigenvalue weighted by Crippen LogP contribution is 2.33. The molecular formula is C24H31N3O4S. The van der Waals surface area contributed by atoms with Gasteiger partial charge < -0.3 is 0 Å². The van der Waals surface area contributed by atoms with E-state index >= 15 is 0 Å². The number of sulfonamides is 1. The van der Waals surface area contributed by atoms with E-state index in [-0.39, 0.29) is 4.90 Å². The van der Waals surface area contributed by atoms with E-state index < -0.39 is 34.4 Å². The van der Waals surface area contributed by atoms with Gasteiger partial charge in [-0.2, -0.15) is 4.31 Å². The molecule has 0 atom stereocenters. The number of amides is 2. The lowest BCUT2D eigenvalue weighted by atomic mass is 9.84. The van der Waals surface area contributed by atoms with Gasteiger partial charge in [0.05, 0.1) is 11.4 Å². The Morgan fingerprint density at radius 1 is 0.938 bits per heavy atom. The predicted molar refractivity (Wildman–Crippen MR) is 123 cm³/mol. The molecule has 1 aliphatic carbocycles. The van der Waals surface area contributed by atoms with Crippen LogP contribution < -0.4 is 10.9 Å². The molecule has 7 nitrogen and oxygen atoms in total. The monoisotopic (exact) mass is 457 g/mol. The third kappa shape index (κ3) is 5.95. The first kappa shape index (κ1) is 23.9. The van der Waals surface area contributed by atoms with Gasteiger partial charge in [-0.25, -0.2) is 8.42 Å². The highest BCUT2D eigenvalue weighted by molar-refractivity contribution is 7.89. The van der Waals surface area contributed by atoms with Gasteiger partial charge in [-0.05, 0) is 62.4 Å². The predicted octanol–water partition coefficient (Wildman–Crippen LogP) is 3.59. The third-order valence-electron chi connectivity index (χ3n) is 5.79. The summed E-state index contributed by atoms with van der Waals surface area (Å²) >= 11 is 0. The molecule has 172 valence electrons. The molecule has 1 saturated carbocycles. The van der Waals surface area contributed by atoms with E-state index in [4.69, 9.17) is 0 Å². The Kier molecular flexibility index (Phi) is 8.04. The van der Waals surface area contributed by atoms with E-state index in [1.54, 1.807) is 56.3 Å². The van der Waals surface area contributed by atoms with Crippen LogP contribution in [-0.2, 0) is 14.8 Å². The molecule has 0 spiro atoms. The maximum Gasteiger partial charge on any atom is 0.269 e. The second-order valence-electron chi connectivity index (χ2n) is 8.42. The molecule has 32 heavy (non-hydrogen) atoms. The topological polar surface area (TPSA) is 95.6 Å². The highest BCUT2D eigenvalue weighted by Gasteiger charge is 2.29. The fraction of sp³-hybridized carbons (Fsp3) is 0.417. The molecule has 0 heterocycles. The minimum absolute atomic E-state index is 0.159. The molecule has 0 saturated heterocycles. The number of hydrazine groups is 1. The Labute approximate surface area is 190 Å². The van der Waals surface area contributed by atoms with Crippen molar-refractivity contribution >= 4 is 21.8 Å². The van der Waals surface area contributed by atoms with Crippen molar-refractivity contribution in [2.75, 3.05) is 6.54 Å². The van der Waals surface area contributed by atoms with Crippen molar-refractivity contribution in [3.63, 3.8) is 0 Å². The Balaban J connectivity index is 1.65. The lowest BCUT2D eigenvalue weighted by Gasteiger charge is -2.26. The summed E-state index contributed by atoms with van der Waals surface area (Å²) in [7, 11) is -3.87. The van der Waals surface area contributed by atoms with Crippen LogP contribution >= 0.6 is 0 Å². The summed E-state index contributed by atoms with van der Waals surface area (Å²) in [5.41, 5.74) is 6.17. The van der Waals surface area contributed by atoms with Gasteiger partial charge in [0.25, 0.3) is 11.8 Å². The van der Waals surface area contributed by atoms with Crippen molar-refractivity contribution in [1.29, 1.82) is 0 Å². The number of rotatable bonds is 7. The zero-order valence-corrected chi connectivity index (χ0v) is 19.4. The summed E-state index contributed by atoms with van der Waals surface area (Å²) in [6.07, 6.45) is 5.96. The molecule has 0 unspecified atom stereocenters. The van der Waals surface area contributed by atoms with E-state index in [9.17, 15) is 18.0 Å². The second kappa shape index (κ2) is 10.7. The summed E-state index contributed by atoms with van der Waals surface area (Å²) in [5, 5.41) is 0. The van der Waals surface area contributed by atoms with Gasteiger partial charge in [0.1, 0.15) is 0 Å². The van der Waals surface area contributed by atoms with Crippen LogP contribution in [0.4, 0.5) is 0 Å². The summed E-state index contributed by atoms with van der Waals surface area (Å²) in [6.45, 7) is 3.02. The molecule has 2 aromatic rings. The van der Waals surface area contributed by atoms with Gasteiger partial charge in [0.2, 0.25) is 10.0 Å². The first-order valence-electron chi connectivity index (χ1n) is 11.0. The zero-order valence-electron chi connectivity index (χ0n) is 18.6. The summed E-state index contributed by atoms with van der Waals surface area (Å²) < 4.78 is 27.6. The van der Waals surface area contributed by atoms with E-state index in [1.165, 1.54) is 24.8 Å². The van der Waals surface area contributed by atoms with Gasteiger partial charge >= 0.3 is 0 Å². The Hall–Kier alpha value is -2.71. The molecule has 0 radical (unpaired) electrons. The van der Waals surface area contributed by atoms with Crippen molar-refractivity contribution in [3.8, 4) is 0 Å². The van der Waals surface area contributed by atoms with Crippen LogP contribution in [0.3, 0.4) is 0 Å². The van der Waals surface area contributed by atoms with Gasteiger partial charge in [-0.1, -0.05) is 49.6 Å². The van der Waals surface area contributed by atoms with Crippen molar-refractivity contribution in [2.45, 2.75) is 62.8 Å². The van der Waals surface area contributed by atoms with E-state index in [0.717, 1.165) is 17.1 Å². The summed E-state index contributed by atoms with van der Waals surface area (Å²) in [5.74, 6) is -0.609. The smallest absolute Gasteiger partial charge is 0.269 e. The van der Waals surface area contributed by atoms with Crippen molar-refractivity contribution in [2.24, 2.45) is 0 Å². The summed E-state index contributed by atoms with van der Waals surface area (Å²) in [4.78, 5) is 24.7. The minimum Gasteiger partial charge on any atom is -0.272 e. The molecular weight excluding hydrogens is 426 g/mol. The number of carbonyl (C=O) groups is 2. The molecule has 2 aromatic carbocycles. The van der Waals surface area contributed by atoms with Crippen LogP contribution in [0.5, 0.6) is 0 Å². The average Bonchev–Trinajstić information content (AvgIpc) is 2.82. The molecule has 3 rings (SSSR count). The number of nitrogens with zero attached hydrogens (tertiary/aromatic N) is 1. The van der Waals surface area contributed by atoms with Crippen LogP contribution in [0.15, 0.2) is 59.5 Å². The molecule has 1 aliphatic rings. The molecule has 2 amide bonds. The minimum atomic E-state index is -3.87. The van der Waals surface area contributed by atoms with E-state index in [2.05, 4.69) is 10.9 Å². The first-order chi connectivity index (χ1) is 15.3. The normalized spacial score (nSPS) is 15.0. The largest absolute Gasteiger partial charge is 0.272 e. The van der Waals surface area contributed by atoms with Gasteiger partial charge in [-0.3, -0.25) is 20.4 Å². The van der Waals surface area contributed by atoms with Crippen molar-refractivity contribution < 1.29 is 18.0 Å². The second-order valence-corrected chi connectivity index (χ2v) is 10.3. The fourth-order valence-electron chi connectivity index (χ4n) is 4.00. The third-order valence-corrected chi connectivity index (χ3v) is 7.83. The Morgan fingerprint density at radius 2 is 1.56 bits per heavy atom. The van der Waals surface area contributed by atoms with Crippen LogP contribution in [0, 0.1) is 0 Å². The van der Waals surface area contributed by atoms with Crippen molar-refractivity contribution in [1.82, 2.24) is 15.2 Å². The van der Waals surface area contributed by atoms with Crippen LogP contribution in [0.1, 0.15) is 67.8 Å².